The fourth-order valence-corrected chi connectivity index (χ4v) is 1.78. The van der Waals surface area contributed by atoms with Crippen molar-refractivity contribution in [2.75, 3.05) is 0 Å². The summed E-state index contributed by atoms with van der Waals surface area (Å²) in [7, 11) is 0. The molecule has 0 saturated carbocycles. The zero-order chi connectivity index (χ0) is 9.47. The van der Waals surface area contributed by atoms with Gasteiger partial charge in [0, 0.05) is 12.0 Å². The molecule has 0 fully saturated rings. The molecule has 1 aromatic rings. The predicted molar refractivity (Wildman–Crippen MR) is 46.1 cm³/mol. The second-order valence-corrected chi connectivity index (χ2v) is 3.57. The van der Waals surface area contributed by atoms with Crippen molar-refractivity contribution < 1.29 is 8.78 Å². The summed E-state index contributed by atoms with van der Waals surface area (Å²) in [6.07, 6.45) is 1.00. The van der Waals surface area contributed by atoms with Gasteiger partial charge >= 0.3 is 0 Å². The van der Waals surface area contributed by atoms with E-state index < -0.39 is 5.92 Å². The molecular formula is C9H8ClF2N. The van der Waals surface area contributed by atoms with Crippen molar-refractivity contribution in [1.29, 1.82) is 0 Å². The summed E-state index contributed by atoms with van der Waals surface area (Å²) >= 11 is 5.61. The normalized spacial score (nSPS) is 19.6. The van der Waals surface area contributed by atoms with Crippen LogP contribution < -0.4 is 0 Å². The van der Waals surface area contributed by atoms with Gasteiger partial charge in [-0.1, -0.05) is 11.6 Å². The summed E-state index contributed by atoms with van der Waals surface area (Å²) in [5.74, 6) is -2.72. The van der Waals surface area contributed by atoms with Crippen LogP contribution in [0.25, 0.3) is 0 Å². The van der Waals surface area contributed by atoms with Crippen LogP contribution in [0.3, 0.4) is 0 Å². The molecule has 0 aromatic carbocycles. The van der Waals surface area contributed by atoms with Crippen molar-refractivity contribution in [2.45, 2.75) is 25.2 Å². The van der Waals surface area contributed by atoms with E-state index >= 15 is 0 Å². The summed E-state index contributed by atoms with van der Waals surface area (Å²) < 4.78 is 26.5. The van der Waals surface area contributed by atoms with E-state index in [9.17, 15) is 8.78 Å². The number of fused-ring (bicyclic) bond motifs is 1. The van der Waals surface area contributed by atoms with Crippen molar-refractivity contribution in [3.63, 3.8) is 0 Å². The lowest BCUT2D eigenvalue weighted by atomic mass is 9.93. The molecule has 1 aliphatic carbocycles. The molecule has 1 aromatic heterocycles. The molecule has 0 unspecified atom stereocenters. The Morgan fingerprint density at radius 1 is 1.38 bits per heavy atom. The molecule has 13 heavy (non-hydrogen) atoms. The van der Waals surface area contributed by atoms with E-state index in [4.69, 9.17) is 11.6 Å². The SMILES string of the molecule is FC1(F)CCCc2nc(Cl)ccc21. The largest absolute Gasteiger partial charge is 0.275 e. The van der Waals surface area contributed by atoms with Gasteiger partial charge < -0.3 is 0 Å². The highest BCUT2D eigenvalue weighted by Gasteiger charge is 2.37. The van der Waals surface area contributed by atoms with Gasteiger partial charge in [-0.3, -0.25) is 0 Å². The predicted octanol–water partition coefficient (Wildman–Crippen LogP) is 3.16. The monoisotopic (exact) mass is 203 g/mol. The maximum Gasteiger partial charge on any atom is 0.275 e. The van der Waals surface area contributed by atoms with Crippen molar-refractivity contribution in [3.8, 4) is 0 Å². The second-order valence-electron chi connectivity index (χ2n) is 3.19. The summed E-state index contributed by atoms with van der Waals surface area (Å²) in [4.78, 5) is 3.89. The Labute approximate surface area is 79.7 Å². The molecule has 1 nitrogen and oxygen atoms in total. The Kier molecular flexibility index (Phi) is 1.99. The number of hydrogen-bond donors (Lipinski definition) is 0. The highest BCUT2D eigenvalue weighted by molar-refractivity contribution is 6.29. The first-order chi connectivity index (χ1) is 6.09. The number of aromatic nitrogens is 1. The molecule has 0 N–H and O–H groups in total. The maximum atomic E-state index is 13.2. The Morgan fingerprint density at radius 3 is 2.92 bits per heavy atom. The Morgan fingerprint density at radius 2 is 2.15 bits per heavy atom. The van der Waals surface area contributed by atoms with Crippen LogP contribution in [0.15, 0.2) is 12.1 Å². The minimum Gasteiger partial charge on any atom is -0.241 e. The third-order valence-electron chi connectivity index (χ3n) is 2.24. The topological polar surface area (TPSA) is 12.9 Å². The first-order valence-corrected chi connectivity index (χ1v) is 4.51. The smallest absolute Gasteiger partial charge is 0.241 e. The van der Waals surface area contributed by atoms with Gasteiger partial charge in [0.15, 0.2) is 0 Å². The van der Waals surface area contributed by atoms with Crippen molar-refractivity contribution in [3.05, 3.63) is 28.5 Å². The zero-order valence-corrected chi connectivity index (χ0v) is 7.61. The number of halogens is 3. The van der Waals surface area contributed by atoms with Gasteiger partial charge in [0.25, 0.3) is 5.92 Å². The van der Waals surface area contributed by atoms with E-state index in [1.54, 1.807) is 0 Å². The van der Waals surface area contributed by atoms with Gasteiger partial charge in [-0.25, -0.2) is 13.8 Å². The summed E-state index contributed by atoms with van der Waals surface area (Å²) in [6.45, 7) is 0. The molecule has 0 aliphatic heterocycles. The van der Waals surface area contributed by atoms with Gasteiger partial charge in [0.05, 0.1) is 5.69 Å². The number of pyridine rings is 1. The summed E-state index contributed by atoms with van der Waals surface area (Å²) in [5.41, 5.74) is 0.493. The number of aryl methyl sites for hydroxylation is 1. The lowest BCUT2D eigenvalue weighted by Gasteiger charge is -2.23. The quantitative estimate of drug-likeness (QED) is 0.591. The Balaban J connectivity index is 2.53. The van der Waals surface area contributed by atoms with Gasteiger partial charge in [-0.05, 0) is 25.0 Å². The fourth-order valence-electron chi connectivity index (χ4n) is 1.61. The highest BCUT2D eigenvalue weighted by Crippen LogP contribution is 2.39. The van der Waals surface area contributed by atoms with Crippen LogP contribution in [0, 0.1) is 0 Å². The molecule has 0 amide bonds. The molecule has 0 bridgehead atoms. The first kappa shape index (κ1) is 8.88. The molecular weight excluding hydrogens is 196 g/mol. The van der Waals surface area contributed by atoms with E-state index in [1.165, 1.54) is 12.1 Å². The van der Waals surface area contributed by atoms with Gasteiger partial charge in [-0.2, -0.15) is 0 Å². The van der Waals surface area contributed by atoms with Crippen molar-refractivity contribution >= 4 is 11.6 Å². The minimum atomic E-state index is -2.72. The Bertz CT molecular complexity index is 338. The second kappa shape index (κ2) is 2.91. The zero-order valence-electron chi connectivity index (χ0n) is 6.86. The molecule has 0 atom stereocenters. The molecule has 4 heteroatoms. The number of rotatable bonds is 0. The average Bonchev–Trinajstić information content (AvgIpc) is 2.02. The highest BCUT2D eigenvalue weighted by atomic mass is 35.5. The van der Waals surface area contributed by atoms with E-state index in [0.29, 0.717) is 18.5 Å². The summed E-state index contributed by atoms with van der Waals surface area (Å²) in [5, 5.41) is 0.288. The summed E-state index contributed by atoms with van der Waals surface area (Å²) in [6, 6.07) is 2.80. The number of nitrogens with zero attached hydrogens (tertiary/aromatic N) is 1. The molecule has 0 radical (unpaired) electrons. The molecule has 2 rings (SSSR count). The standard InChI is InChI=1S/C9H8ClF2N/c10-8-4-3-6-7(13-8)2-1-5-9(6,11)12/h3-4H,1-2,5H2. The third-order valence-corrected chi connectivity index (χ3v) is 2.45. The fraction of sp³-hybridized carbons (Fsp3) is 0.444. The molecule has 0 saturated heterocycles. The van der Waals surface area contributed by atoms with Crippen LogP contribution in [0.2, 0.25) is 5.15 Å². The van der Waals surface area contributed by atoms with Crippen LogP contribution in [0.5, 0.6) is 0 Å². The minimum absolute atomic E-state index is 0.0446. The van der Waals surface area contributed by atoms with E-state index in [-0.39, 0.29) is 17.1 Å². The van der Waals surface area contributed by atoms with Gasteiger partial charge in [0.2, 0.25) is 0 Å². The van der Waals surface area contributed by atoms with Crippen LogP contribution in [0.4, 0.5) is 8.78 Å². The maximum absolute atomic E-state index is 13.2. The van der Waals surface area contributed by atoms with Crippen molar-refractivity contribution in [2.24, 2.45) is 0 Å². The number of alkyl halides is 2. The van der Waals surface area contributed by atoms with E-state index in [0.717, 1.165) is 0 Å². The third kappa shape index (κ3) is 1.53. The van der Waals surface area contributed by atoms with Crippen LogP contribution >= 0.6 is 11.6 Å². The molecule has 0 spiro atoms. The van der Waals surface area contributed by atoms with Crippen LogP contribution in [-0.2, 0) is 12.3 Å². The van der Waals surface area contributed by atoms with Gasteiger partial charge in [0.1, 0.15) is 5.15 Å². The van der Waals surface area contributed by atoms with E-state index in [2.05, 4.69) is 4.98 Å². The van der Waals surface area contributed by atoms with Crippen LogP contribution in [-0.4, -0.2) is 4.98 Å². The van der Waals surface area contributed by atoms with Gasteiger partial charge in [-0.15, -0.1) is 0 Å². The number of hydrogen-bond acceptors (Lipinski definition) is 1. The molecule has 1 aliphatic rings. The lowest BCUT2D eigenvalue weighted by molar-refractivity contribution is -0.0223. The molecule has 1 heterocycles. The van der Waals surface area contributed by atoms with Crippen molar-refractivity contribution in [1.82, 2.24) is 4.98 Å². The molecule has 70 valence electrons. The lowest BCUT2D eigenvalue weighted by Crippen LogP contribution is -2.21. The van der Waals surface area contributed by atoms with E-state index in [1.807, 2.05) is 0 Å². The first-order valence-electron chi connectivity index (χ1n) is 4.13. The average molecular weight is 204 g/mol. The Hall–Kier alpha value is -0.700. The van der Waals surface area contributed by atoms with Crippen LogP contribution in [0.1, 0.15) is 24.1 Å².